The number of benzene rings is 4. The van der Waals surface area contributed by atoms with Crippen molar-refractivity contribution >= 4 is 24.5 Å². The molecule has 0 aromatic heterocycles. The molecule has 286 valence electrons. The maximum Gasteiger partial charge on any atom is 0.261 e. The van der Waals surface area contributed by atoms with Gasteiger partial charge in [-0.3, -0.25) is 4.79 Å². The molecule has 54 heavy (non-hydrogen) atoms. The van der Waals surface area contributed by atoms with Gasteiger partial charge in [-0.05, 0) is 53.2 Å². The van der Waals surface area contributed by atoms with Crippen molar-refractivity contribution in [3.63, 3.8) is 0 Å². The Balaban J connectivity index is 1.09. The lowest BCUT2D eigenvalue weighted by atomic mass is 9.81. The van der Waals surface area contributed by atoms with Crippen LogP contribution in [0.1, 0.15) is 71.4 Å². The molecule has 3 heterocycles. The van der Waals surface area contributed by atoms with Crippen molar-refractivity contribution in [3.05, 3.63) is 132 Å². The molecule has 0 unspecified atom stereocenters. The van der Waals surface area contributed by atoms with Crippen molar-refractivity contribution in [2.75, 3.05) is 13.2 Å². The van der Waals surface area contributed by atoms with Crippen LogP contribution in [0.25, 0.3) is 0 Å². The molecule has 7 nitrogen and oxygen atoms in total. The van der Waals surface area contributed by atoms with E-state index >= 15 is 0 Å². The minimum atomic E-state index is -2.90. The van der Waals surface area contributed by atoms with Crippen molar-refractivity contribution in [3.8, 4) is 0 Å². The summed E-state index contributed by atoms with van der Waals surface area (Å²) < 4.78 is 40.8. The normalized spacial score (nSPS) is 28.8. The Morgan fingerprint density at radius 3 is 1.87 bits per heavy atom. The molecule has 0 spiro atoms. The highest BCUT2D eigenvalue weighted by Gasteiger charge is 2.58. The summed E-state index contributed by atoms with van der Waals surface area (Å²) in [6.45, 7) is 12.3. The fourth-order valence-corrected chi connectivity index (χ4v) is 13.3. The number of hydrogen-bond donors (Lipinski definition) is 0. The van der Waals surface area contributed by atoms with Gasteiger partial charge in [0, 0.05) is 12.8 Å². The summed E-state index contributed by atoms with van der Waals surface area (Å²) in [6.07, 6.45) is 0.993. The summed E-state index contributed by atoms with van der Waals surface area (Å²) >= 11 is 0. The molecule has 3 fully saturated rings. The number of ether oxygens (including phenoxy) is 5. The molecular formula is C46H56O7Si. The van der Waals surface area contributed by atoms with Crippen molar-refractivity contribution in [1.82, 2.24) is 0 Å². The topological polar surface area (TPSA) is 72.5 Å². The van der Waals surface area contributed by atoms with E-state index in [1.54, 1.807) is 0 Å². The van der Waals surface area contributed by atoms with Gasteiger partial charge in [-0.15, -0.1) is 0 Å². The molecule has 4 aromatic rings. The Morgan fingerprint density at radius 1 is 0.741 bits per heavy atom. The Hall–Kier alpha value is -3.47. The molecule has 0 radical (unpaired) electrons. The molecule has 3 saturated heterocycles. The average Bonchev–Trinajstić information content (AvgIpc) is 3.30. The van der Waals surface area contributed by atoms with E-state index in [2.05, 4.69) is 100 Å². The number of carbonyl (C=O) groups is 1. The predicted octanol–water partition coefficient (Wildman–Crippen LogP) is 7.58. The monoisotopic (exact) mass is 748 g/mol. The van der Waals surface area contributed by atoms with Gasteiger partial charge in [0.2, 0.25) is 0 Å². The highest BCUT2D eigenvalue weighted by atomic mass is 28.4. The van der Waals surface area contributed by atoms with Gasteiger partial charge >= 0.3 is 0 Å². The molecule has 8 heteroatoms. The van der Waals surface area contributed by atoms with Crippen LogP contribution in [0, 0.1) is 0 Å². The lowest BCUT2D eigenvalue weighted by Gasteiger charge is -2.50. The second kappa shape index (κ2) is 16.3. The first-order valence-corrected chi connectivity index (χ1v) is 21.5. The fourth-order valence-electron chi connectivity index (χ4n) is 8.69. The lowest BCUT2D eigenvalue weighted by Crippen LogP contribution is -2.69. The average molecular weight is 749 g/mol. The molecule has 7 atom stereocenters. The molecule has 0 amide bonds. The molecule has 0 saturated carbocycles. The van der Waals surface area contributed by atoms with Gasteiger partial charge in [0.1, 0.15) is 11.7 Å². The van der Waals surface area contributed by atoms with Gasteiger partial charge in [-0.2, -0.15) is 0 Å². The summed E-state index contributed by atoms with van der Waals surface area (Å²) in [4.78, 5) is 14.3. The van der Waals surface area contributed by atoms with Crippen molar-refractivity contribution in [1.29, 1.82) is 0 Å². The van der Waals surface area contributed by atoms with E-state index in [1.165, 1.54) is 10.4 Å². The molecular weight excluding hydrogens is 693 g/mol. The van der Waals surface area contributed by atoms with E-state index in [0.717, 1.165) is 17.5 Å². The first-order chi connectivity index (χ1) is 26.0. The number of fused-ring (bicyclic) bond motifs is 2. The zero-order valence-electron chi connectivity index (χ0n) is 32.4. The third-order valence-corrected chi connectivity index (χ3v) is 16.7. The van der Waals surface area contributed by atoms with Gasteiger partial charge in [0.25, 0.3) is 8.32 Å². The SMILES string of the molecule is CC(C)(C)[Si](OC[C@]1(C)O[C@]2(C)CC[C@@H]3O[C@H](COCc4ccccc4)[C@@H](OCc4ccccc4)C[C@H]3O[C@H]2CC1=O)(c1ccccc1)c1ccccc1. The number of Topliss-reactive ketones (excluding diaryl/α,β-unsaturated/α-hetero) is 1. The molecule has 7 rings (SSSR count). The number of ketones is 1. The molecule has 0 aliphatic carbocycles. The third-order valence-electron chi connectivity index (χ3n) is 11.7. The summed E-state index contributed by atoms with van der Waals surface area (Å²) in [7, 11) is -2.90. The van der Waals surface area contributed by atoms with Crippen molar-refractivity contribution < 1.29 is 32.9 Å². The van der Waals surface area contributed by atoms with Gasteiger partial charge in [0.05, 0.1) is 56.4 Å². The minimum absolute atomic E-state index is 0.00199. The van der Waals surface area contributed by atoms with E-state index in [-0.39, 0.29) is 48.3 Å². The van der Waals surface area contributed by atoms with E-state index < -0.39 is 25.6 Å². The molecule has 3 aliphatic rings. The van der Waals surface area contributed by atoms with E-state index in [9.17, 15) is 4.79 Å². The van der Waals surface area contributed by atoms with Crippen LogP contribution in [0.5, 0.6) is 0 Å². The zero-order valence-corrected chi connectivity index (χ0v) is 33.4. The maximum atomic E-state index is 14.3. The first-order valence-electron chi connectivity index (χ1n) is 19.6. The summed E-state index contributed by atoms with van der Waals surface area (Å²) in [5.41, 5.74) is 0.362. The number of hydrogen-bond acceptors (Lipinski definition) is 7. The molecule has 3 aliphatic heterocycles. The second-order valence-electron chi connectivity index (χ2n) is 16.7. The highest BCUT2D eigenvalue weighted by Crippen LogP contribution is 2.45. The Labute approximate surface area is 322 Å². The van der Waals surface area contributed by atoms with Crippen LogP contribution in [-0.2, 0) is 46.1 Å². The number of rotatable bonds is 12. The fraction of sp³-hybridized carbons (Fsp3) is 0.457. The highest BCUT2D eigenvalue weighted by molar-refractivity contribution is 6.99. The first kappa shape index (κ1) is 38.8. The van der Waals surface area contributed by atoms with Crippen LogP contribution in [0.3, 0.4) is 0 Å². The summed E-state index contributed by atoms with van der Waals surface area (Å²) in [5.74, 6) is 0.00199. The second-order valence-corrected chi connectivity index (χ2v) is 21.0. The summed E-state index contributed by atoms with van der Waals surface area (Å²) in [6, 6.07) is 41.5. The molecule has 4 aromatic carbocycles. The smallest absolute Gasteiger partial charge is 0.261 e. The quantitative estimate of drug-likeness (QED) is 0.139. The lowest BCUT2D eigenvalue weighted by molar-refractivity contribution is -0.251. The number of carbonyl (C=O) groups excluding carboxylic acids is 1. The van der Waals surface area contributed by atoms with E-state index in [1.807, 2.05) is 55.5 Å². The summed E-state index contributed by atoms with van der Waals surface area (Å²) in [5, 5.41) is 2.12. The molecule has 0 N–H and O–H groups in total. The molecule has 0 bridgehead atoms. The Bertz CT molecular complexity index is 1760. The standard InChI is InChI=1S/C46H56O7Si/c1-44(2,3)54(36-22-14-8-15-23-36,37-24-16-9-17-25-37)50-33-46(5)42(47)29-43-45(4,53-46)27-26-38-40(52-43)28-39(49-31-35-20-12-7-13-21-35)41(51-38)32-48-30-34-18-10-6-11-19-34/h6-25,38-41,43H,26-33H2,1-5H3/t38-,39-,40+,41+,43-,45+,46-/m0/s1. The van der Waals surface area contributed by atoms with Gasteiger partial charge in [-0.1, -0.05) is 142 Å². The van der Waals surface area contributed by atoms with Crippen LogP contribution in [0.2, 0.25) is 5.04 Å². The largest absolute Gasteiger partial charge is 0.404 e. The maximum absolute atomic E-state index is 14.3. The van der Waals surface area contributed by atoms with E-state index in [4.69, 9.17) is 28.1 Å². The van der Waals surface area contributed by atoms with Crippen LogP contribution in [0.4, 0.5) is 0 Å². The minimum Gasteiger partial charge on any atom is -0.404 e. The van der Waals surface area contributed by atoms with Gasteiger partial charge in [0.15, 0.2) is 5.78 Å². The van der Waals surface area contributed by atoms with Gasteiger partial charge in [-0.25, -0.2) is 0 Å². The Kier molecular flexibility index (Phi) is 11.7. The van der Waals surface area contributed by atoms with E-state index in [0.29, 0.717) is 32.7 Å². The van der Waals surface area contributed by atoms with Crippen LogP contribution in [-0.4, -0.2) is 69.0 Å². The van der Waals surface area contributed by atoms with Crippen LogP contribution in [0.15, 0.2) is 121 Å². The van der Waals surface area contributed by atoms with Crippen molar-refractivity contribution in [2.45, 2.75) is 120 Å². The third kappa shape index (κ3) is 8.21. The van der Waals surface area contributed by atoms with Gasteiger partial charge < -0.3 is 28.1 Å². The van der Waals surface area contributed by atoms with Crippen LogP contribution < -0.4 is 10.4 Å². The zero-order chi connectivity index (χ0) is 37.8. The van der Waals surface area contributed by atoms with Crippen molar-refractivity contribution in [2.24, 2.45) is 0 Å². The van der Waals surface area contributed by atoms with Crippen LogP contribution >= 0.6 is 0 Å². The predicted molar refractivity (Wildman–Crippen MR) is 213 cm³/mol. The Morgan fingerprint density at radius 2 is 1.30 bits per heavy atom.